The molecule has 2 N–H and O–H groups in total. The molecule has 0 aliphatic heterocycles. The lowest BCUT2D eigenvalue weighted by Crippen LogP contribution is -2.34. The number of rotatable bonds is 4. The van der Waals surface area contributed by atoms with Gasteiger partial charge in [0.1, 0.15) is 22.6 Å². The molecule has 7 nitrogen and oxygen atoms in total. The van der Waals surface area contributed by atoms with Crippen LogP contribution in [-0.4, -0.2) is 33.1 Å². The Hall–Kier alpha value is -3.89. The number of anilines is 1. The standard InChI is InChI=1S/C26H19BrFN5O2S/c1-14-11-21-22(32-33(31-21)17-9-7-16(28)8-10-17)13-20(14)29-26(36)30-25(34)19-12-15-5-3-4-6-18(15)23(27)24(19)35-2/h3-13H,1-2H3,(H2,29,30,34,36). The van der Waals surface area contributed by atoms with Crippen molar-refractivity contribution >= 4 is 66.7 Å². The number of fused-ring (bicyclic) bond motifs is 2. The van der Waals surface area contributed by atoms with E-state index in [0.717, 1.165) is 16.3 Å². The van der Waals surface area contributed by atoms with Gasteiger partial charge in [0.15, 0.2) is 5.11 Å². The molecule has 0 atom stereocenters. The van der Waals surface area contributed by atoms with E-state index in [1.807, 2.05) is 37.3 Å². The number of benzene rings is 4. The quantitative estimate of drug-likeness (QED) is 0.264. The van der Waals surface area contributed by atoms with Gasteiger partial charge in [-0.15, -0.1) is 10.2 Å². The first kappa shape index (κ1) is 23.8. The zero-order valence-corrected chi connectivity index (χ0v) is 21.6. The van der Waals surface area contributed by atoms with E-state index in [1.54, 1.807) is 24.3 Å². The summed E-state index contributed by atoms with van der Waals surface area (Å²) in [6.07, 6.45) is 0. The fourth-order valence-corrected chi connectivity index (χ4v) is 4.81. The van der Waals surface area contributed by atoms with Crippen LogP contribution < -0.4 is 15.4 Å². The molecule has 0 radical (unpaired) electrons. The van der Waals surface area contributed by atoms with Crippen LogP contribution in [0.25, 0.3) is 27.5 Å². The molecule has 5 aromatic rings. The lowest BCUT2D eigenvalue weighted by molar-refractivity contribution is 0.0975. The minimum absolute atomic E-state index is 0.125. The lowest BCUT2D eigenvalue weighted by Gasteiger charge is -2.15. The molecule has 0 unspecified atom stereocenters. The molecule has 0 spiro atoms. The van der Waals surface area contributed by atoms with E-state index in [4.69, 9.17) is 17.0 Å². The van der Waals surface area contributed by atoms with Crippen LogP contribution in [0, 0.1) is 12.7 Å². The second kappa shape index (κ2) is 9.63. The normalized spacial score (nSPS) is 11.0. The van der Waals surface area contributed by atoms with Gasteiger partial charge in [0.05, 0.1) is 22.8 Å². The number of carbonyl (C=O) groups excluding carboxylic acids is 1. The van der Waals surface area contributed by atoms with Crippen molar-refractivity contribution in [3.63, 3.8) is 0 Å². The molecule has 1 heterocycles. The van der Waals surface area contributed by atoms with Crippen LogP contribution >= 0.6 is 28.1 Å². The number of nitrogens with zero attached hydrogens (tertiary/aromatic N) is 3. The van der Waals surface area contributed by atoms with Crippen molar-refractivity contribution < 1.29 is 13.9 Å². The van der Waals surface area contributed by atoms with Gasteiger partial charge in [0.2, 0.25) is 0 Å². The molecular formula is C26H19BrFN5O2S. The van der Waals surface area contributed by atoms with E-state index < -0.39 is 5.91 Å². The van der Waals surface area contributed by atoms with Crippen molar-refractivity contribution in [1.82, 2.24) is 20.3 Å². The molecule has 10 heteroatoms. The van der Waals surface area contributed by atoms with Crippen molar-refractivity contribution in [2.75, 3.05) is 12.4 Å². The first-order valence-electron chi connectivity index (χ1n) is 10.9. The molecule has 0 saturated heterocycles. The first-order valence-corrected chi connectivity index (χ1v) is 12.1. The molecule has 1 aromatic heterocycles. The van der Waals surface area contributed by atoms with Crippen molar-refractivity contribution in [2.24, 2.45) is 0 Å². The maximum absolute atomic E-state index is 13.3. The number of aryl methyl sites for hydroxylation is 1. The number of hydrogen-bond donors (Lipinski definition) is 2. The smallest absolute Gasteiger partial charge is 0.261 e. The predicted octanol–water partition coefficient (Wildman–Crippen LogP) is 5.92. The van der Waals surface area contributed by atoms with Crippen LogP contribution in [0.3, 0.4) is 0 Å². The Balaban J connectivity index is 1.38. The summed E-state index contributed by atoms with van der Waals surface area (Å²) in [6, 6.07) is 19.0. The number of carbonyl (C=O) groups is 1. The molecular weight excluding hydrogens is 545 g/mol. The number of halogens is 2. The van der Waals surface area contributed by atoms with Crippen LogP contribution in [0.4, 0.5) is 10.1 Å². The maximum Gasteiger partial charge on any atom is 0.261 e. The minimum atomic E-state index is -0.406. The Morgan fingerprint density at radius 1 is 1.06 bits per heavy atom. The van der Waals surface area contributed by atoms with E-state index >= 15 is 0 Å². The van der Waals surface area contributed by atoms with E-state index in [2.05, 4.69) is 36.8 Å². The second-order valence-corrected chi connectivity index (χ2v) is 9.22. The van der Waals surface area contributed by atoms with Gasteiger partial charge in [-0.2, -0.15) is 4.80 Å². The summed E-state index contributed by atoms with van der Waals surface area (Å²) in [4.78, 5) is 14.6. The zero-order valence-electron chi connectivity index (χ0n) is 19.2. The highest BCUT2D eigenvalue weighted by Crippen LogP contribution is 2.36. The number of amides is 1. The Labute approximate surface area is 219 Å². The van der Waals surface area contributed by atoms with Gasteiger partial charge in [0.25, 0.3) is 5.91 Å². The lowest BCUT2D eigenvalue weighted by atomic mass is 10.1. The highest BCUT2D eigenvalue weighted by atomic mass is 79.9. The first-order chi connectivity index (χ1) is 17.3. The van der Waals surface area contributed by atoms with Gasteiger partial charge in [0, 0.05) is 5.69 Å². The number of aromatic nitrogens is 3. The summed E-state index contributed by atoms with van der Waals surface area (Å²) in [5.74, 6) is -0.317. The summed E-state index contributed by atoms with van der Waals surface area (Å²) in [5.41, 5.74) is 3.80. The van der Waals surface area contributed by atoms with Crippen LogP contribution in [0.5, 0.6) is 5.75 Å². The molecule has 4 aromatic carbocycles. The van der Waals surface area contributed by atoms with Gasteiger partial charge >= 0.3 is 0 Å². The summed E-state index contributed by atoms with van der Waals surface area (Å²) < 4.78 is 19.5. The van der Waals surface area contributed by atoms with E-state index in [-0.39, 0.29) is 10.9 Å². The molecule has 0 aliphatic carbocycles. The minimum Gasteiger partial charge on any atom is -0.495 e. The second-order valence-electron chi connectivity index (χ2n) is 8.02. The van der Waals surface area contributed by atoms with E-state index in [1.165, 1.54) is 24.0 Å². The number of thiocarbonyl (C=S) groups is 1. The fourth-order valence-electron chi connectivity index (χ4n) is 3.87. The predicted molar refractivity (Wildman–Crippen MR) is 145 cm³/mol. The van der Waals surface area contributed by atoms with E-state index in [0.29, 0.717) is 38.2 Å². The SMILES string of the molecule is COc1c(C(=O)NC(=S)Nc2cc3nn(-c4ccc(F)cc4)nc3cc2C)cc2ccccc2c1Br. The van der Waals surface area contributed by atoms with Crippen molar-refractivity contribution in [3.8, 4) is 11.4 Å². The van der Waals surface area contributed by atoms with Crippen LogP contribution in [-0.2, 0) is 0 Å². The van der Waals surface area contributed by atoms with Gasteiger partial charge in [-0.3, -0.25) is 10.1 Å². The Morgan fingerprint density at radius 2 is 1.75 bits per heavy atom. The van der Waals surface area contributed by atoms with Gasteiger partial charge in [-0.25, -0.2) is 4.39 Å². The van der Waals surface area contributed by atoms with E-state index in [9.17, 15) is 9.18 Å². The number of nitrogens with one attached hydrogen (secondary N) is 2. The van der Waals surface area contributed by atoms with Crippen molar-refractivity contribution in [1.29, 1.82) is 0 Å². The Kier molecular flexibility index (Phi) is 6.38. The van der Waals surface area contributed by atoms with Crippen molar-refractivity contribution in [3.05, 3.63) is 88.1 Å². The van der Waals surface area contributed by atoms with Crippen LogP contribution in [0.15, 0.2) is 71.2 Å². The number of hydrogen-bond acceptors (Lipinski definition) is 5. The van der Waals surface area contributed by atoms with Gasteiger partial charge < -0.3 is 10.1 Å². The molecule has 180 valence electrons. The van der Waals surface area contributed by atoms with Crippen LogP contribution in [0.2, 0.25) is 0 Å². The third kappa shape index (κ3) is 4.52. The topological polar surface area (TPSA) is 81.1 Å². The molecule has 1 amide bonds. The molecule has 0 fully saturated rings. The highest BCUT2D eigenvalue weighted by Gasteiger charge is 2.19. The molecule has 5 rings (SSSR count). The van der Waals surface area contributed by atoms with Crippen molar-refractivity contribution in [2.45, 2.75) is 6.92 Å². The molecule has 0 saturated carbocycles. The average Bonchev–Trinajstić information content (AvgIpc) is 3.27. The Morgan fingerprint density at radius 3 is 2.47 bits per heavy atom. The average molecular weight is 564 g/mol. The number of ether oxygens (including phenoxy) is 1. The third-order valence-electron chi connectivity index (χ3n) is 5.65. The largest absolute Gasteiger partial charge is 0.495 e. The molecule has 0 bridgehead atoms. The highest BCUT2D eigenvalue weighted by molar-refractivity contribution is 9.10. The third-order valence-corrected chi connectivity index (χ3v) is 6.64. The summed E-state index contributed by atoms with van der Waals surface area (Å²) in [6.45, 7) is 1.90. The monoisotopic (exact) mass is 563 g/mol. The van der Waals surface area contributed by atoms with Gasteiger partial charge in [-0.1, -0.05) is 24.3 Å². The summed E-state index contributed by atoms with van der Waals surface area (Å²) in [7, 11) is 1.51. The van der Waals surface area contributed by atoms with Gasteiger partial charge in [-0.05, 0) is 93.9 Å². The molecule has 0 aliphatic rings. The maximum atomic E-state index is 13.3. The van der Waals surface area contributed by atoms with Crippen LogP contribution in [0.1, 0.15) is 15.9 Å². The fraction of sp³-hybridized carbons (Fsp3) is 0.0769. The zero-order chi connectivity index (χ0) is 25.4. The summed E-state index contributed by atoms with van der Waals surface area (Å²) in [5, 5.41) is 16.7. The Bertz CT molecular complexity index is 1650. The summed E-state index contributed by atoms with van der Waals surface area (Å²) >= 11 is 8.97. The number of methoxy groups -OCH3 is 1. The molecule has 36 heavy (non-hydrogen) atoms.